The fourth-order valence-corrected chi connectivity index (χ4v) is 6.94. The Labute approximate surface area is 240 Å². The van der Waals surface area contributed by atoms with E-state index in [4.69, 9.17) is 17.7 Å². The first-order chi connectivity index (χ1) is 18.8. The zero-order valence-corrected chi connectivity index (χ0v) is 26.2. The van der Waals surface area contributed by atoms with Crippen LogP contribution in [0.25, 0.3) is 0 Å². The molecule has 0 spiro atoms. The molecule has 40 heavy (non-hydrogen) atoms. The normalized spacial score (nSPS) is 28.5. The zero-order valence-electron chi connectivity index (χ0n) is 26.2. The molecule has 0 amide bonds. The van der Waals surface area contributed by atoms with Gasteiger partial charge in [0.05, 0.1) is 21.7 Å². The highest BCUT2D eigenvalue weighted by atomic mass is 16.4. The minimum Gasteiger partial charge on any atom is -0.464 e. The quantitative estimate of drug-likeness (QED) is 0.242. The molecule has 1 aliphatic heterocycles. The molecule has 4 aromatic rings. The number of rotatable bonds is 6. The van der Waals surface area contributed by atoms with Crippen molar-refractivity contribution in [3.63, 3.8) is 0 Å². The SMILES string of the molecule is CCC1(C)c2ccc(o2)C(C)(CC(C)C)c2ccc(o2)C(C)(CC)c2ccc(o2)C(C)(CC(C)C)c2ccc1o2. The summed E-state index contributed by atoms with van der Waals surface area (Å²) in [6.45, 7) is 22.4. The van der Waals surface area contributed by atoms with Crippen LogP contribution in [0.15, 0.2) is 66.2 Å². The highest BCUT2D eigenvalue weighted by molar-refractivity contribution is 5.39. The third kappa shape index (κ3) is 4.33. The van der Waals surface area contributed by atoms with E-state index in [0.717, 1.165) is 71.8 Å². The Kier molecular flexibility index (Phi) is 7.08. The summed E-state index contributed by atoms with van der Waals surface area (Å²) in [5.41, 5.74) is -1.64. The third-order valence-electron chi connectivity index (χ3n) is 9.82. The minimum absolute atomic E-state index is 0.408. The summed E-state index contributed by atoms with van der Waals surface area (Å²) in [6.07, 6.45) is 3.50. The molecule has 4 heteroatoms. The molecule has 0 aliphatic carbocycles. The van der Waals surface area contributed by atoms with Crippen LogP contribution in [-0.2, 0) is 21.7 Å². The summed E-state index contributed by atoms with van der Waals surface area (Å²) >= 11 is 0. The maximum Gasteiger partial charge on any atom is 0.117 e. The Hall–Kier alpha value is -2.88. The van der Waals surface area contributed by atoms with E-state index < -0.39 is 21.7 Å². The van der Waals surface area contributed by atoms with Gasteiger partial charge in [-0.15, -0.1) is 0 Å². The van der Waals surface area contributed by atoms with Crippen molar-refractivity contribution in [1.29, 1.82) is 0 Å². The first-order valence-corrected chi connectivity index (χ1v) is 15.2. The van der Waals surface area contributed by atoms with E-state index in [9.17, 15) is 0 Å². The average molecular weight is 545 g/mol. The Bertz CT molecular complexity index is 1260. The molecule has 0 atom stereocenters. The molecule has 5 heterocycles. The second-order valence-electron chi connectivity index (χ2n) is 13.9. The standard InChI is InChI=1S/C36H48O4/c1-11-33(7)25-13-17-29(37-25)35(9,21-23(3)4)31-19-15-27(39-31)34(8,12-2)28-16-20-32(40-28)36(10,22-24(5)6)30-18-14-26(33)38-30/h13-20,23-24H,11-12,21-22H2,1-10H3. The topological polar surface area (TPSA) is 52.6 Å². The van der Waals surface area contributed by atoms with Crippen molar-refractivity contribution in [3.8, 4) is 0 Å². The van der Waals surface area contributed by atoms with Crippen LogP contribution in [0.4, 0.5) is 0 Å². The van der Waals surface area contributed by atoms with Crippen molar-refractivity contribution >= 4 is 0 Å². The van der Waals surface area contributed by atoms with E-state index in [2.05, 4.69) is 118 Å². The lowest BCUT2D eigenvalue weighted by molar-refractivity contribution is 0.231. The van der Waals surface area contributed by atoms with Crippen LogP contribution < -0.4 is 0 Å². The molecule has 4 nitrogen and oxygen atoms in total. The van der Waals surface area contributed by atoms with Crippen LogP contribution >= 0.6 is 0 Å². The molecular formula is C36H48O4. The van der Waals surface area contributed by atoms with Gasteiger partial charge in [-0.1, -0.05) is 41.5 Å². The second kappa shape index (κ2) is 9.89. The molecule has 8 bridgehead atoms. The highest BCUT2D eigenvalue weighted by Crippen LogP contribution is 2.48. The molecule has 0 radical (unpaired) electrons. The highest BCUT2D eigenvalue weighted by Gasteiger charge is 2.44. The average Bonchev–Trinajstić information content (AvgIpc) is 3.71. The van der Waals surface area contributed by atoms with Gasteiger partial charge in [0, 0.05) is 0 Å². The molecule has 0 saturated heterocycles. The van der Waals surface area contributed by atoms with Gasteiger partial charge in [-0.2, -0.15) is 0 Å². The Morgan fingerprint density at radius 1 is 0.425 bits per heavy atom. The van der Waals surface area contributed by atoms with Gasteiger partial charge in [0.25, 0.3) is 0 Å². The van der Waals surface area contributed by atoms with Gasteiger partial charge in [0.2, 0.25) is 0 Å². The monoisotopic (exact) mass is 544 g/mol. The van der Waals surface area contributed by atoms with Crippen LogP contribution in [0.5, 0.6) is 0 Å². The summed E-state index contributed by atoms with van der Waals surface area (Å²) in [4.78, 5) is 0. The van der Waals surface area contributed by atoms with Crippen LogP contribution in [0.3, 0.4) is 0 Å². The van der Waals surface area contributed by atoms with Crippen molar-refractivity contribution < 1.29 is 17.7 Å². The van der Waals surface area contributed by atoms with Gasteiger partial charge in [0.15, 0.2) is 0 Å². The maximum atomic E-state index is 6.82. The molecule has 4 aromatic heterocycles. The number of hydrogen-bond acceptors (Lipinski definition) is 4. The molecule has 0 unspecified atom stereocenters. The Morgan fingerprint density at radius 3 is 0.800 bits per heavy atom. The lowest BCUT2D eigenvalue weighted by Gasteiger charge is -2.31. The predicted molar refractivity (Wildman–Crippen MR) is 160 cm³/mol. The van der Waals surface area contributed by atoms with Gasteiger partial charge in [-0.3, -0.25) is 0 Å². The van der Waals surface area contributed by atoms with Gasteiger partial charge in [-0.25, -0.2) is 0 Å². The van der Waals surface area contributed by atoms with E-state index in [1.54, 1.807) is 0 Å². The predicted octanol–water partition coefficient (Wildman–Crippen LogP) is 10.5. The minimum atomic E-state index is -0.413. The van der Waals surface area contributed by atoms with Crippen molar-refractivity contribution in [2.45, 2.75) is 117 Å². The van der Waals surface area contributed by atoms with Crippen LogP contribution in [0.1, 0.15) is 141 Å². The van der Waals surface area contributed by atoms with Crippen LogP contribution in [0.2, 0.25) is 0 Å². The van der Waals surface area contributed by atoms with E-state index in [1.807, 2.05) is 0 Å². The van der Waals surface area contributed by atoms with E-state index in [1.165, 1.54) is 0 Å². The first-order valence-electron chi connectivity index (χ1n) is 15.2. The number of fused-ring (bicyclic) bond motifs is 8. The molecule has 1 aliphatic rings. The van der Waals surface area contributed by atoms with Crippen molar-refractivity contribution in [3.05, 3.63) is 94.6 Å². The van der Waals surface area contributed by atoms with E-state index in [-0.39, 0.29) is 0 Å². The summed E-state index contributed by atoms with van der Waals surface area (Å²) < 4.78 is 27.3. The van der Waals surface area contributed by atoms with E-state index >= 15 is 0 Å². The van der Waals surface area contributed by atoms with Crippen LogP contribution in [-0.4, -0.2) is 0 Å². The van der Waals surface area contributed by atoms with Gasteiger partial charge in [-0.05, 0) is 114 Å². The molecule has 216 valence electrons. The van der Waals surface area contributed by atoms with Gasteiger partial charge < -0.3 is 17.7 Å². The lowest BCUT2D eigenvalue weighted by atomic mass is 9.78. The third-order valence-corrected chi connectivity index (χ3v) is 9.82. The van der Waals surface area contributed by atoms with Crippen molar-refractivity contribution in [2.75, 3.05) is 0 Å². The summed E-state index contributed by atoms with van der Waals surface area (Å²) in [5, 5.41) is 0. The fraction of sp³-hybridized carbons (Fsp3) is 0.556. The van der Waals surface area contributed by atoms with Gasteiger partial charge in [0.1, 0.15) is 46.1 Å². The lowest BCUT2D eigenvalue weighted by Crippen LogP contribution is -2.27. The van der Waals surface area contributed by atoms with Crippen molar-refractivity contribution in [1.82, 2.24) is 0 Å². The second-order valence-corrected chi connectivity index (χ2v) is 13.9. The molecular weight excluding hydrogens is 496 g/mol. The zero-order chi connectivity index (χ0) is 29.1. The largest absolute Gasteiger partial charge is 0.464 e. The summed E-state index contributed by atoms with van der Waals surface area (Å²) in [6, 6.07) is 17.2. The smallest absolute Gasteiger partial charge is 0.117 e. The summed E-state index contributed by atoms with van der Waals surface area (Å²) in [7, 11) is 0. The molecule has 5 rings (SSSR count). The maximum absolute atomic E-state index is 6.82. The molecule has 0 fully saturated rings. The van der Waals surface area contributed by atoms with E-state index in [0.29, 0.717) is 11.8 Å². The summed E-state index contributed by atoms with van der Waals surface area (Å²) in [5.74, 6) is 8.30. The fourth-order valence-electron chi connectivity index (χ4n) is 6.94. The molecule has 0 aromatic carbocycles. The Morgan fingerprint density at radius 2 is 0.625 bits per heavy atom. The Balaban J connectivity index is 1.80. The van der Waals surface area contributed by atoms with Crippen LogP contribution in [0, 0.1) is 11.8 Å². The number of hydrogen-bond donors (Lipinski definition) is 0. The van der Waals surface area contributed by atoms with Gasteiger partial charge >= 0.3 is 0 Å². The first kappa shape index (κ1) is 28.6. The molecule has 0 N–H and O–H groups in total. The van der Waals surface area contributed by atoms with Crippen molar-refractivity contribution in [2.24, 2.45) is 11.8 Å². The molecule has 0 saturated carbocycles. The number of furan rings is 4.